The van der Waals surface area contributed by atoms with Crippen LogP contribution in [0.5, 0.6) is 11.5 Å². The van der Waals surface area contributed by atoms with Crippen LogP contribution in [0.3, 0.4) is 0 Å². The molecule has 7 heteroatoms. The van der Waals surface area contributed by atoms with Gasteiger partial charge >= 0.3 is 0 Å². The van der Waals surface area contributed by atoms with Crippen molar-refractivity contribution >= 4 is 5.91 Å². The number of hydrogen-bond acceptors (Lipinski definition) is 6. The summed E-state index contributed by atoms with van der Waals surface area (Å²) < 4.78 is 16.5. The molecule has 0 N–H and O–H groups in total. The molecule has 0 bridgehead atoms. The van der Waals surface area contributed by atoms with Gasteiger partial charge in [-0.1, -0.05) is 19.9 Å². The SMILES string of the molecule is CCN(C)C(=O)c1coc(CN(Cc2ccc3c(c2)OCO3)C(C)C(C)C)n1. The standard InChI is InChI=1S/C21H29N3O4/c1-6-23(5)21(25)17-12-26-20(22-17)11-24(15(4)14(2)3)10-16-7-8-18-19(9-16)28-13-27-18/h7-9,12,14-15H,6,10-11,13H2,1-5H3. The summed E-state index contributed by atoms with van der Waals surface area (Å²) in [5, 5.41) is 0. The smallest absolute Gasteiger partial charge is 0.275 e. The summed E-state index contributed by atoms with van der Waals surface area (Å²) in [7, 11) is 1.75. The van der Waals surface area contributed by atoms with Crippen molar-refractivity contribution in [3.8, 4) is 11.5 Å². The van der Waals surface area contributed by atoms with Crippen molar-refractivity contribution in [3.05, 3.63) is 41.6 Å². The Kier molecular flexibility index (Phi) is 6.24. The predicted octanol–water partition coefficient (Wildman–Crippen LogP) is 3.54. The van der Waals surface area contributed by atoms with E-state index >= 15 is 0 Å². The Balaban J connectivity index is 1.75. The molecule has 1 atom stereocenters. The first kappa shape index (κ1) is 20.2. The third kappa shape index (κ3) is 4.47. The van der Waals surface area contributed by atoms with Gasteiger partial charge in [-0.3, -0.25) is 9.69 Å². The average molecular weight is 387 g/mol. The van der Waals surface area contributed by atoms with E-state index in [0.29, 0.717) is 36.6 Å². The molecular weight excluding hydrogens is 358 g/mol. The normalized spacial score (nSPS) is 14.0. The third-order valence-corrected chi connectivity index (χ3v) is 5.29. The van der Waals surface area contributed by atoms with Crippen LogP contribution < -0.4 is 9.47 Å². The van der Waals surface area contributed by atoms with Gasteiger partial charge in [0.1, 0.15) is 6.26 Å². The molecule has 0 radical (unpaired) electrons. The molecule has 2 heterocycles. The Morgan fingerprint density at radius 3 is 2.64 bits per heavy atom. The zero-order valence-corrected chi connectivity index (χ0v) is 17.3. The van der Waals surface area contributed by atoms with Gasteiger partial charge in [-0.2, -0.15) is 0 Å². The fourth-order valence-electron chi connectivity index (χ4n) is 3.03. The van der Waals surface area contributed by atoms with Gasteiger partial charge in [0.25, 0.3) is 5.91 Å². The molecule has 0 aliphatic carbocycles. The van der Waals surface area contributed by atoms with Gasteiger partial charge in [-0.15, -0.1) is 0 Å². The summed E-state index contributed by atoms with van der Waals surface area (Å²) in [5.74, 6) is 2.43. The van der Waals surface area contributed by atoms with Crippen LogP contribution in [0.4, 0.5) is 0 Å². The predicted molar refractivity (Wildman–Crippen MR) is 105 cm³/mol. The van der Waals surface area contributed by atoms with Gasteiger partial charge in [0, 0.05) is 26.2 Å². The van der Waals surface area contributed by atoms with Crippen LogP contribution in [0.1, 0.15) is 49.6 Å². The van der Waals surface area contributed by atoms with Crippen LogP contribution in [0.15, 0.2) is 28.9 Å². The number of ether oxygens (including phenoxy) is 2. The molecule has 0 fully saturated rings. The van der Waals surface area contributed by atoms with Crippen molar-refractivity contribution in [2.75, 3.05) is 20.4 Å². The van der Waals surface area contributed by atoms with Crippen molar-refractivity contribution in [3.63, 3.8) is 0 Å². The number of carbonyl (C=O) groups is 1. The molecule has 1 aromatic heterocycles. The van der Waals surface area contributed by atoms with E-state index in [1.807, 2.05) is 25.1 Å². The van der Waals surface area contributed by atoms with Crippen molar-refractivity contribution < 1.29 is 18.7 Å². The second-order valence-electron chi connectivity index (χ2n) is 7.52. The lowest BCUT2D eigenvalue weighted by molar-refractivity contribution is 0.0796. The zero-order chi connectivity index (χ0) is 20.3. The van der Waals surface area contributed by atoms with Crippen molar-refractivity contribution in [2.24, 2.45) is 5.92 Å². The molecule has 0 saturated heterocycles. The van der Waals surface area contributed by atoms with E-state index in [-0.39, 0.29) is 12.7 Å². The van der Waals surface area contributed by atoms with Gasteiger partial charge in [-0.25, -0.2) is 4.98 Å². The van der Waals surface area contributed by atoms with Crippen LogP contribution in [-0.2, 0) is 13.1 Å². The lowest BCUT2D eigenvalue weighted by Gasteiger charge is -2.30. The fraction of sp³-hybridized carbons (Fsp3) is 0.524. The minimum Gasteiger partial charge on any atom is -0.454 e. The number of rotatable bonds is 8. The number of nitrogens with zero attached hydrogens (tertiary/aromatic N) is 3. The van der Waals surface area contributed by atoms with E-state index in [1.165, 1.54) is 6.26 Å². The summed E-state index contributed by atoms with van der Waals surface area (Å²) in [6, 6.07) is 6.31. The lowest BCUT2D eigenvalue weighted by Crippen LogP contribution is -2.36. The first-order valence-corrected chi connectivity index (χ1v) is 9.71. The number of carbonyl (C=O) groups excluding carboxylic acids is 1. The first-order valence-electron chi connectivity index (χ1n) is 9.71. The van der Waals surface area contributed by atoms with Crippen molar-refractivity contribution in [2.45, 2.75) is 46.8 Å². The molecule has 7 nitrogen and oxygen atoms in total. The molecule has 3 rings (SSSR count). The maximum Gasteiger partial charge on any atom is 0.275 e. The first-order chi connectivity index (χ1) is 13.4. The number of aromatic nitrogens is 1. The number of benzene rings is 1. The quantitative estimate of drug-likeness (QED) is 0.690. The van der Waals surface area contributed by atoms with E-state index in [2.05, 4.69) is 30.7 Å². The van der Waals surface area contributed by atoms with Crippen LogP contribution in [0, 0.1) is 5.92 Å². The Labute approximate surface area is 166 Å². The van der Waals surface area contributed by atoms with Crippen molar-refractivity contribution in [1.82, 2.24) is 14.8 Å². The van der Waals surface area contributed by atoms with Gasteiger partial charge in [0.05, 0.1) is 6.54 Å². The van der Waals surface area contributed by atoms with Gasteiger partial charge in [0.15, 0.2) is 17.2 Å². The zero-order valence-electron chi connectivity index (χ0n) is 17.3. The second kappa shape index (κ2) is 8.65. The second-order valence-corrected chi connectivity index (χ2v) is 7.52. The highest BCUT2D eigenvalue weighted by Crippen LogP contribution is 2.33. The van der Waals surface area contributed by atoms with Gasteiger partial charge in [0.2, 0.25) is 12.7 Å². The minimum atomic E-state index is -0.128. The Hall–Kier alpha value is -2.54. The molecule has 1 aliphatic rings. The van der Waals surface area contributed by atoms with Crippen LogP contribution in [0.25, 0.3) is 0 Å². The summed E-state index contributed by atoms with van der Waals surface area (Å²) in [5.41, 5.74) is 1.48. The summed E-state index contributed by atoms with van der Waals surface area (Å²) >= 11 is 0. The topological polar surface area (TPSA) is 68.0 Å². The number of hydrogen-bond donors (Lipinski definition) is 0. The largest absolute Gasteiger partial charge is 0.454 e. The average Bonchev–Trinajstić information content (AvgIpc) is 3.34. The van der Waals surface area contributed by atoms with Crippen molar-refractivity contribution in [1.29, 1.82) is 0 Å². The Morgan fingerprint density at radius 1 is 1.18 bits per heavy atom. The van der Waals surface area contributed by atoms with Gasteiger partial charge < -0.3 is 18.8 Å². The molecule has 1 aromatic carbocycles. The van der Waals surface area contributed by atoms with E-state index in [4.69, 9.17) is 13.9 Å². The molecule has 28 heavy (non-hydrogen) atoms. The summed E-state index contributed by atoms with van der Waals surface area (Å²) in [4.78, 5) is 20.6. The summed E-state index contributed by atoms with van der Waals surface area (Å²) in [6.45, 7) is 10.6. The maximum atomic E-state index is 12.3. The highest BCUT2D eigenvalue weighted by Gasteiger charge is 2.23. The Bertz CT molecular complexity index is 818. The molecule has 0 saturated carbocycles. The fourth-order valence-corrected chi connectivity index (χ4v) is 3.03. The monoisotopic (exact) mass is 387 g/mol. The van der Waals surface area contributed by atoms with Crippen LogP contribution >= 0.6 is 0 Å². The maximum absolute atomic E-state index is 12.3. The van der Waals surface area contributed by atoms with Gasteiger partial charge in [-0.05, 0) is 37.5 Å². The molecule has 2 aromatic rings. The number of amides is 1. The molecule has 1 amide bonds. The number of fused-ring (bicyclic) bond motifs is 1. The van der Waals surface area contributed by atoms with E-state index < -0.39 is 0 Å². The van der Waals surface area contributed by atoms with E-state index in [9.17, 15) is 4.79 Å². The summed E-state index contributed by atoms with van der Waals surface area (Å²) in [6.07, 6.45) is 1.45. The minimum absolute atomic E-state index is 0.128. The lowest BCUT2D eigenvalue weighted by atomic mass is 10.0. The van der Waals surface area contributed by atoms with Crippen LogP contribution in [0.2, 0.25) is 0 Å². The molecule has 0 spiro atoms. The van der Waals surface area contributed by atoms with E-state index in [1.54, 1.807) is 11.9 Å². The number of oxazole rings is 1. The van der Waals surface area contributed by atoms with E-state index in [0.717, 1.165) is 23.6 Å². The molecule has 1 unspecified atom stereocenters. The molecular formula is C21H29N3O4. The third-order valence-electron chi connectivity index (χ3n) is 5.29. The van der Waals surface area contributed by atoms with Crippen LogP contribution in [-0.4, -0.2) is 47.1 Å². The molecule has 1 aliphatic heterocycles. The highest BCUT2D eigenvalue weighted by atomic mass is 16.7. The Morgan fingerprint density at radius 2 is 1.93 bits per heavy atom. The molecule has 152 valence electrons. The highest BCUT2D eigenvalue weighted by molar-refractivity contribution is 5.91.